The Balaban J connectivity index is 1.88. The molecule has 0 aromatic heterocycles. The minimum atomic E-state index is -0.428. The van der Waals surface area contributed by atoms with Crippen LogP contribution in [0.4, 0.5) is 0 Å². The van der Waals surface area contributed by atoms with Gasteiger partial charge in [-0.2, -0.15) is 0 Å². The second kappa shape index (κ2) is 2.78. The second-order valence-corrected chi connectivity index (χ2v) is 6.61. The van der Waals surface area contributed by atoms with E-state index >= 15 is 0 Å². The summed E-state index contributed by atoms with van der Waals surface area (Å²) in [6.45, 7) is 2.03. The molecule has 2 heteroatoms. The van der Waals surface area contributed by atoms with Crippen LogP contribution >= 0.6 is 0 Å². The molecule has 4 aliphatic carbocycles. The molecule has 1 atom stereocenters. The molecule has 0 aliphatic heterocycles. The Hall–Kier alpha value is 0.0249. The van der Waals surface area contributed by atoms with Crippen molar-refractivity contribution < 1.29 is 5.11 Å². The fourth-order valence-electron chi connectivity index (χ4n) is 5.08. The Morgan fingerprint density at radius 3 is 1.79 bits per heavy atom. The highest BCUT2D eigenvalue weighted by molar-refractivity contribution is 6.14. The molecule has 0 radical (unpaired) electrons. The average Bonchev–Trinajstić information content (AvgIpc) is 1.97. The van der Waals surface area contributed by atoms with Gasteiger partial charge in [-0.25, -0.2) is 0 Å². The molecule has 4 fully saturated rings. The molecule has 0 spiro atoms. The van der Waals surface area contributed by atoms with Crippen molar-refractivity contribution in [1.82, 2.24) is 0 Å². The third-order valence-electron chi connectivity index (χ3n) is 5.04. The molecular formula is C12H21BO. The molecule has 4 bridgehead atoms. The molecule has 14 heavy (non-hydrogen) atoms. The zero-order valence-corrected chi connectivity index (χ0v) is 9.37. The number of rotatable bonds is 1. The average molecular weight is 192 g/mol. The van der Waals surface area contributed by atoms with Crippen LogP contribution in [0.3, 0.4) is 0 Å². The summed E-state index contributed by atoms with van der Waals surface area (Å²) < 4.78 is 0. The fourth-order valence-corrected chi connectivity index (χ4v) is 5.08. The lowest BCUT2D eigenvalue weighted by Crippen LogP contribution is -2.54. The summed E-state index contributed by atoms with van der Waals surface area (Å²) in [7, 11) is 2.03. The maximum atomic E-state index is 10.2. The molecule has 1 N–H and O–H groups in total. The van der Waals surface area contributed by atoms with Crippen molar-refractivity contribution in [2.75, 3.05) is 0 Å². The van der Waals surface area contributed by atoms with E-state index in [2.05, 4.69) is 0 Å². The molecule has 4 saturated carbocycles. The molecule has 78 valence electrons. The molecule has 4 aliphatic rings. The van der Waals surface area contributed by atoms with Gasteiger partial charge < -0.3 is 5.11 Å². The Morgan fingerprint density at radius 1 is 1.00 bits per heavy atom. The van der Waals surface area contributed by atoms with Crippen LogP contribution in [0, 0.1) is 29.6 Å². The quantitative estimate of drug-likeness (QED) is 0.622. The van der Waals surface area contributed by atoms with Crippen molar-refractivity contribution in [3.05, 3.63) is 0 Å². The molecular weight excluding hydrogens is 171 g/mol. The first-order chi connectivity index (χ1) is 6.54. The van der Waals surface area contributed by atoms with E-state index < -0.39 is 5.50 Å². The van der Waals surface area contributed by atoms with Gasteiger partial charge in [0.25, 0.3) is 0 Å². The monoisotopic (exact) mass is 192 g/mol. The summed E-state index contributed by atoms with van der Waals surface area (Å²) in [6.07, 6.45) is 7.18. The highest BCUT2D eigenvalue weighted by Crippen LogP contribution is 2.58. The lowest BCUT2D eigenvalue weighted by atomic mass is 9.46. The highest BCUT2D eigenvalue weighted by atomic mass is 16.3. The fraction of sp³-hybridized carbons (Fsp3) is 1.00. The normalized spacial score (nSPS) is 54.6. The Morgan fingerprint density at radius 2 is 1.43 bits per heavy atom. The van der Waals surface area contributed by atoms with Gasteiger partial charge >= 0.3 is 0 Å². The van der Waals surface area contributed by atoms with Gasteiger partial charge in [0.05, 0.1) is 0 Å². The SMILES string of the molecule is BC(C)(O)C1C2CC3CC(C2)CC1C3. The van der Waals surface area contributed by atoms with Gasteiger partial charge in [0.15, 0.2) is 0 Å². The first kappa shape index (κ1) is 9.27. The van der Waals surface area contributed by atoms with Crippen LogP contribution < -0.4 is 0 Å². The smallest absolute Gasteiger partial charge is 0.142 e. The summed E-state index contributed by atoms with van der Waals surface area (Å²) in [6, 6.07) is 0. The van der Waals surface area contributed by atoms with Crippen LogP contribution in [0.25, 0.3) is 0 Å². The first-order valence-corrected chi connectivity index (χ1v) is 6.26. The zero-order chi connectivity index (χ0) is 9.92. The van der Waals surface area contributed by atoms with E-state index in [9.17, 15) is 5.11 Å². The summed E-state index contributed by atoms with van der Waals surface area (Å²) in [4.78, 5) is 0. The van der Waals surface area contributed by atoms with E-state index in [1.165, 1.54) is 32.1 Å². The third kappa shape index (κ3) is 1.26. The summed E-state index contributed by atoms with van der Waals surface area (Å²) >= 11 is 0. The summed E-state index contributed by atoms with van der Waals surface area (Å²) in [5.41, 5.74) is -0.428. The van der Waals surface area contributed by atoms with Crippen LogP contribution in [0.5, 0.6) is 0 Å². The molecule has 4 rings (SSSR count). The van der Waals surface area contributed by atoms with Crippen LogP contribution in [0.2, 0.25) is 0 Å². The van der Waals surface area contributed by atoms with Crippen LogP contribution in [-0.4, -0.2) is 18.5 Å². The molecule has 0 amide bonds. The standard InChI is InChI=1S/C12H21BO/c1-12(13,14)11-9-3-7-2-8(5-9)6-10(11)4-7/h7-11,14H,2-6,13H2,1H3. The first-order valence-electron chi connectivity index (χ1n) is 6.26. The number of aliphatic hydroxyl groups is 1. The van der Waals surface area contributed by atoms with Crippen molar-refractivity contribution in [3.63, 3.8) is 0 Å². The lowest BCUT2D eigenvalue weighted by molar-refractivity contribution is -0.100. The van der Waals surface area contributed by atoms with Crippen LogP contribution in [0.15, 0.2) is 0 Å². The van der Waals surface area contributed by atoms with Gasteiger partial charge in [0.1, 0.15) is 7.85 Å². The van der Waals surface area contributed by atoms with Crippen molar-refractivity contribution in [1.29, 1.82) is 0 Å². The van der Waals surface area contributed by atoms with Gasteiger partial charge in [0, 0.05) is 5.50 Å². The van der Waals surface area contributed by atoms with Gasteiger partial charge in [-0.3, -0.25) is 0 Å². The second-order valence-electron chi connectivity index (χ2n) is 6.61. The lowest BCUT2D eigenvalue weighted by Gasteiger charge is -2.57. The Labute approximate surface area is 87.7 Å². The van der Waals surface area contributed by atoms with E-state index in [1.807, 2.05) is 14.8 Å². The van der Waals surface area contributed by atoms with Gasteiger partial charge in [0.2, 0.25) is 0 Å². The van der Waals surface area contributed by atoms with E-state index in [0.29, 0.717) is 5.92 Å². The van der Waals surface area contributed by atoms with E-state index in [0.717, 1.165) is 23.7 Å². The highest BCUT2D eigenvalue weighted by Gasteiger charge is 2.52. The molecule has 1 nitrogen and oxygen atoms in total. The van der Waals surface area contributed by atoms with Crippen LogP contribution in [-0.2, 0) is 0 Å². The van der Waals surface area contributed by atoms with Gasteiger partial charge in [-0.15, -0.1) is 0 Å². The van der Waals surface area contributed by atoms with Gasteiger partial charge in [-0.1, -0.05) is 0 Å². The number of hydrogen-bond acceptors (Lipinski definition) is 1. The Kier molecular flexibility index (Phi) is 1.84. The van der Waals surface area contributed by atoms with Crippen molar-refractivity contribution in [2.24, 2.45) is 29.6 Å². The predicted molar refractivity (Wildman–Crippen MR) is 59.7 cm³/mol. The van der Waals surface area contributed by atoms with E-state index in [1.54, 1.807) is 0 Å². The zero-order valence-electron chi connectivity index (χ0n) is 9.37. The van der Waals surface area contributed by atoms with Crippen molar-refractivity contribution >= 4 is 7.85 Å². The Bertz CT molecular complexity index is 215. The minimum absolute atomic E-state index is 0.428. The topological polar surface area (TPSA) is 20.2 Å². The van der Waals surface area contributed by atoms with Crippen LogP contribution in [0.1, 0.15) is 39.0 Å². The third-order valence-corrected chi connectivity index (χ3v) is 5.04. The maximum absolute atomic E-state index is 10.2. The molecule has 0 saturated heterocycles. The summed E-state index contributed by atoms with van der Waals surface area (Å²) in [5, 5.41) is 10.2. The van der Waals surface area contributed by atoms with Gasteiger partial charge in [-0.05, 0) is 68.6 Å². The van der Waals surface area contributed by atoms with Crippen molar-refractivity contribution in [2.45, 2.75) is 44.5 Å². The number of hydrogen-bond donors (Lipinski definition) is 1. The molecule has 0 heterocycles. The molecule has 0 aromatic rings. The predicted octanol–water partition coefficient (Wildman–Crippen LogP) is 1.40. The maximum Gasteiger partial charge on any atom is 0.142 e. The summed E-state index contributed by atoms with van der Waals surface area (Å²) in [5.74, 6) is 4.36. The minimum Gasteiger partial charge on any atom is -0.399 e. The molecule has 1 unspecified atom stereocenters. The van der Waals surface area contributed by atoms with Crippen molar-refractivity contribution in [3.8, 4) is 0 Å². The largest absolute Gasteiger partial charge is 0.399 e. The van der Waals surface area contributed by atoms with E-state index in [-0.39, 0.29) is 0 Å². The molecule has 0 aromatic carbocycles. The van der Waals surface area contributed by atoms with E-state index in [4.69, 9.17) is 0 Å².